The number of piperidine rings is 1. The molecule has 0 aromatic heterocycles. The van der Waals surface area contributed by atoms with Crippen molar-refractivity contribution in [3.8, 4) is 0 Å². The molecule has 0 bridgehead atoms. The lowest BCUT2D eigenvalue weighted by Gasteiger charge is -2.41. The number of amides is 1. The quantitative estimate of drug-likeness (QED) is 0.434. The molecule has 0 spiro atoms. The number of carbonyl (C=O) groups is 2. The highest BCUT2D eigenvalue weighted by Crippen LogP contribution is 2.55. The van der Waals surface area contributed by atoms with Gasteiger partial charge in [-0.3, -0.25) is 14.5 Å². The van der Waals surface area contributed by atoms with Gasteiger partial charge in [-0.1, -0.05) is 61.5 Å². The number of halogens is 2. The van der Waals surface area contributed by atoms with Crippen LogP contribution < -0.4 is 4.90 Å². The van der Waals surface area contributed by atoms with Gasteiger partial charge in [-0.05, 0) is 47.7 Å². The molecule has 1 amide bonds. The predicted octanol–water partition coefficient (Wildman–Crippen LogP) is 6.12. The van der Waals surface area contributed by atoms with Gasteiger partial charge in [-0.2, -0.15) is 8.78 Å². The Labute approximate surface area is 209 Å². The van der Waals surface area contributed by atoms with E-state index in [1.54, 1.807) is 12.1 Å². The van der Waals surface area contributed by atoms with Crippen LogP contribution in [0.25, 0.3) is 10.8 Å². The van der Waals surface area contributed by atoms with E-state index in [0.717, 1.165) is 16.6 Å². The van der Waals surface area contributed by atoms with E-state index in [0.29, 0.717) is 43.3 Å². The number of anilines is 1. The molecule has 3 aliphatic rings. The summed E-state index contributed by atoms with van der Waals surface area (Å²) >= 11 is 0. The second-order valence-corrected chi connectivity index (χ2v) is 10.6. The van der Waals surface area contributed by atoms with Crippen LogP contribution in [0.2, 0.25) is 0 Å². The molecule has 0 unspecified atom stereocenters. The fourth-order valence-corrected chi connectivity index (χ4v) is 6.74. The average Bonchev–Trinajstić information content (AvgIpc) is 3.25. The lowest BCUT2D eigenvalue weighted by atomic mass is 9.79. The third-order valence-corrected chi connectivity index (χ3v) is 8.56. The van der Waals surface area contributed by atoms with E-state index >= 15 is 8.78 Å². The molecule has 1 saturated heterocycles. The van der Waals surface area contributed by atoms with Crippen LogP contribution in [0.1, 0.15) is 62.3 Å². The molecular weight excluding hydrogens is 458 g/mol. The van der Waals surface area contributed by atoms with Gasteiger partial charge in [0.15, 0.2) is 0 Å². The number of nitrogens with zero attached hydrogens (tertiary/aromatic N) is 2. The van der Waals surface area contributed by atoms with E-state index in [1.165, 1.54) is 0 Å². The molecule has 1 aliphatic carbocycles. The normalized spacial score (nSPS) is 25.5. The van der Waals surface area contributed by atoms with Gasteiger partial charge in [-0.15, -0.1) is 0 Å². The number of Topliss-reactive ketones (excluding diaryl/α,β-unsaturated/α-hetero) is 1. The molecule has 6 rings (SSSR count). The van der Waals surface area contributed by atoms with Crippen LogP contribution in [0.3, 0.4) is 0 Å². The highest BCUT2D eigenvalue weighted by Gasteiger charge is 2.54. The lowest BCUT2D eigenvalue weighted by molar-refractivity contribution is -0.128. The fourth-order valence-electron chi connectivity index (χ4n) is 6.74. The number of carbonyl (C=O) groups excluding carboxylic acids is 2. The van der Waals surface area contributed by atoms with Crippen molar-refractivity contribution in [2.24, 2.45) is 0 Å². The first-order valence-corrected chi connectivity index (χ1v) is 12.9. The Morgan fingerprint density at radius 2 is 1.64 bits per heavy atom. The van der Waals surface area contributed by atoms with Gasteiger partial charge in [0.05, 0.1) is 5.41 Å². The summed E-state index contributed by atoms with van der Waals surface area (Å²) in [7, 11) is 0. The van der Waals surface area contributed by atoms with Crippen molar-refractivity contribution in [1.29, 1.82) is 0 Å². The van der Waals surface area contributed by atoms with Gasteiger partial charge in [-0.25, -0.2) is 0 Å². The summed E-state index contributed by atoms with van der Waals surface area (Å²) in [4.78, 5) is 29.9. The minimum atomic E-state index is -2.97. The standard InChI is InChI=1S/C30H30F2N2O2/c1-3-21(35)18-29(2)23-11-4-5-13-25(23)34(28(29)36)20-14-16-33(17-15-20)27-22-10-6-8-19-9-7-12-24(26(19)22)30(27,31)32/h4-13,20,27H,3,14-18H2,1-2H3/t27-,29-/m1/s1. The Kier molecular flexibility index (Phi) is 5.31. The van der Waals surface area contributed by atoms with Crippen LogP contribution in [0.5, 0.6) is 0 Å². The van der Waals surface area contributed by atoms with E-state index in [9.17, 15) is 9.59 Å². The summed E-state index contributed by atoms with van der Waals surface area (Å²) in [5.74, 6) is -2.95. The van der Waals surface area contributed by atoms with Crippen LogP contribution in [-0.2, 0) is 20.9 Å². The minimum Gasteiger partial charge on any atom is -0.308 e. The topological polar surface area (TPSA) is 40.6 Å². The summed E-state index contributed by atoms with van der Waals surface area (Å²) in [6, 6.07) is 17.4. The Bertz CT molecular complexity index is 1370. The van der Waals surface area contributed by atoms with Crippen molar-refractivity contribution in [3.05, 3.63) is 77.4 Å². The maximum Gasteiger partial charge on any atom is 0.293 e. The number of fused-ring (bicyclic) bond motifs is 1. The first kappa shape index (κ1) is 23.3. The van der Waals surface area contributed by atoms with E-state index in [1.807, 2.05) is 72.2 Å². The van der Waals surface area contributed by atoms with Crippen molar-refractivity contribution < 1.29 is 18.4 Å². The monoisotopic (exact) mass is 488 g/mol. The van der Waals surface area contributed by atoms with Crippen molar-refractivity contribution >= 4 is 28.2 Å². The smallest absolute Gasteiger partial charge is 0.293 e. The molecule has 186 valence electrons. The zero-order valence-corrected chi connectivity index (χ0v) is 20.6. The molecule has 3 aromatic carbocycles. The number of likely N-dealkylation sites (tertiary alicyclic amines) is 1. The number of hydrogen-bond donors (Lipinski definition) is 0. The highest BCUT2D eigenvalue weighted by atomic mass is 19.3. The summed E-state index contributed by atoms with van der Waals surface area (Å²) in [6.45, 7) is 4.65. The minimum absolute atomic E-state index is 0.0488. The van der Waals surface area contributed by atoms with Crippen LogP contribution in [-0.4, -0.2) is 35.7 Å². The summed E-state index contributed by atoms with van der Waals surface area (Å²) in [6.07, 6.45) is 1.80. The predicted molar refractivity (Wildman–Crippen MR) is 136 cm³/mol. The SMILES string of the molecule is CCC(=O)C[C@@]1(C)C(=O)N(C2CCN([C@@H]3c4cccc5cccc(c45)C3(F)F)CC2)c2ccccc21. The van der Waals surface area contributed by atoms with Crippen molar-refractivity contribution in [2.45, 2.75) is 63.0 Å². The third kappa shape index (κ3) is 3.20. The Hall–Kier alpha value is -3.12. The molecule has 6 heteroatoms. The summed E-state index contributed by atoms with van der Waals surface area (Å²) in [5.41, 5.74) is 1.68. The maximum atomic E-state index is 15.7. The van der Waals surface area contributed by atoms with Gasteiger partial charge in [0.25, 0.3) is 5.92 Å². The second kappa shape index (κ2) is 8.20. The van der Waals surface area contributed by atoms with Crippen molar-refractivity contribution in [1.82, 2.24) is 4.90 Å². The molecule has 36 heavy (non-hydrogen) atoms. The summed E-state index contributed by atoms with van der Waals surface area (Å²) < 4.78 is 31.5. The van der Waals surface area contributed by atoms with Crippen molar-refractivity contribution in [3.63, 3.8) is 0 Å². The number of hydrogen-bond acceptors (Lipinski definition) is 3. The average molecular weight is 489 g/mol. The summed E-state index contributed by atoms with van der Waals surface area (Å²) in [5, 5.41) is 1.53. The molecule has 3 aromatic rings. The highest BCUT2D eigenvalue weighted by molar-refractivity contribution is 6.10. The van der Waals surface area contributed by atoms with E-state index in [-0.39, 0.29) is 29.7 Å². The Balaban J connectivity index is 1.27. The molecule has 2 heterocycles. The molecular formula is C30H30F2N2O2. The van der Waals surface area contributed by atoms with E-state index in [4.69, 9.17) is 0 Å². The largest absolute Gasteiger partial charge is 0.308 e. The molecule has 0 saturated carbocycles. The van der Waals surface area contributed by atoms with Crippen LogP contribution in [0, 0.1) is 0 Å². The number of para-hydroxylation sites is 1. The molecule has 0 N–H and O–H groups in total. The van der Waals surface area contributed by atoms with Gasteiger partial charge < -0.3 is 4.90 Å². The second-order valence-electron chi connectivity index (χ2n) is 10.6. The van der Waals surface area contributed by atoms with E-state index < -0.39 is 17.4 Å². The Morgan fingerprint density at radius 3 is 2.36 bits per heavy atom. The molecule has 2 atom stereocenters. The number of alkyl halides is 2. The van der Waals surface area contributed by atoms with E-state index in [2.05, 4.69) is 0 Å². The Morgan fingerprint density at radius 1 is 0.972 bits per heavy atom. The first-order chi connectivity index (χ1) is 17.3. The van der Waals surface area contributed by atoms with Gasteiger partial charge in [0, 0.05) is 43.2 Å². The number of ketones is 1. The first-order valence-electron chi connectivity index (χ1n) is 12.9. The molecule has 2 aliphatic heterocycles. The molecule has 1 fully saturated rings. The zero-order valence-electron chi connectivity index (χ0n) is 20.6. The van der Waals surface area contributed by atoms with Gasteiger partial charge in [0.1, 0.15) is 11.8 Å². The fraction of sp³-hybridized carbons (Fsp3) is 0.400. The van der Waals surface area contributed by atoms with Gasteiger partial charge >= 0.3 is 0 Å². The zero-order chi connectivity index (χ0) is 25.2. The lowest BCUT2D eigenvalue weighted by Crippen LogP contribution is -2.51. The molecule has 0 radical (unpaired) electrons. The van der Waals surface area contributed by atoms with Crippen molar-refractivity contribution in [2.75, 3.05) is 18.0 Å². The third-order valence-electron chi connectivity index (χ3n) is 8.56. The van der Waals surface area contributed by atoms with Crippen LogP contribution in [0.4, 0.5) is 14.5 Å². The van der Waals surface area contributed by atoms with Crippen LogP contribution in [0.15, 0.2) is 60.7 Å². The molecule has 4 nitrogen and oxygen atoms in total. The number of rotatable bonds is 5. The van der Waals surface area contributed by atoms with Crippen LogP contribution >= 0.6 is 0 Å². The maximum absolute atomic E-state index is 15.7. The number of benzene rings is 3. The van der Waals surface area contributed by atoms with Gasteiger partial charge in [0.2, 0.25) is 5.91 Å².